The number of amides is 1. The molecule has 1 aromatic heterocycles. The number of carbonyl (C=O) groups excluding carboxylic acids is 1. The lowest BCUT2D eigenvalue weighted by Gasteiger charge is -2.21. The third-order valence-electron chi connectivity index (χ3n) is 3.37. The quantitative estimate of drug-likeness (QED) is 0.604. The summed E-state index contributed by atoms with van der Waals surface area (Å²) >= 11 is 0. The van der Waals surface area contributed by atoms with Crippen molar-refractivity contribution in [1.29, 1.82) is 0 Å². The first-order valence-corrected chi connectivity index (χ1v) is 6.84. The molecule has 1 aliphatic carbocycles. The van der Waals surface area contributed by atoms with Crippen molar-refractivity contribution < 1.29 is 14.8 Å². The van der Waals surface area contributed by atoms with E-state index >= 15 is 0 Å². The topological polar surface area (TPSA) is 88.6 Å². The lowest BCUT2D eigenvalue weighted by molar-refractivity contribution is -0.384. The number of hydrogen-bond acceptors (Lipinski definition) is 4. The van der Waals surface area contributed by atoms with E-state index in [2.05, 4.69) is 0 Å². The van der Waals surface area contributed by atoms with Crippen LogP contribution in [0.15, 0.2) is 12.3 Å². The molecule has 1 heterocycles. The number of aliphatic hydroxyl groups is 1. The summed E-state index contributed by atoms with van der Waals surface area (Å²) in [6.07, 6.45) is 4.06. The van der Waals surface area contributed by atoms with Crippen LogP contribution in [0.5, 0.6) is 0 Å². The van der Waals surface area contributed by atoms with Crippen LogP contribution in [0.4, 0.5) is 5.69 Å². The van der Waals surface area contributed by atoms with Gasteiger partial charge in [0, 0.05) is 25.2 Å². The maximum atomic E-state index is 12.5. The van der Waals surface area contributed by atoms with E-state index in [4.69, 9.17) is 5.11 Å². The van der Waals surface area contributed by atoms with E-state index in [1.165, 1.54) is 12.3 Å². The standard InChI is InChI=1S/C13H19N3O4/c1-2-5-14-9-11(16(19)20)8-12(14)13(18)15(6-7-17)10-3-4-10/h8-10,17H,2-7H2,1H3. The first-order valence-electron chi connectivity index (χ1n) is 6.84. The molecule has 0 spiro atoms. The first-order chi connectivity index (χ1) is 9.58. The highest BCUT2D eigenvalue weighted by Gasteiger charge is 2.34. The number of nitro groups is 1. The van der Waals surface area contributed by atoms with Crippen molar-refractivity contribution in [3.63, 3.8) is 0 Å². The molecule has 1 aromatic rings. The average molecular weight is 281 g/mol. The third kappa shape index (κ3) is 2.98. The molecule has 1 aliphatic rings. The van der Waals surface area contributed by atoms with Crippen molar-refractivity contribution in [2.75, 3.05) is 13.2 Å². The first kappa shape index (κ1) is 14.5. The van der Waals surface area contributed by atoms with Gasteiger partial charge < -0.3 is 14.6 Å². The molecule has 0 aromatic carbocycles. The van der Waals surface area contributed by atoms with Gasteiger partial charge in [0.05, 0.1) is 17.7 Å². The molecule has 0 unspecified atom stereocenters. The zero-order valence-corrected chi connectivity index (χ0v) is 11.5. The monoisotopic (exact) mass is 281 g/mol. The number of aryl methyl sites for hydroxylation is 1. The minimum absolute atomic E-state index is 0.0680. The lowest BCUT2D eigenvalue weighted by Crippen LogP contribution is -2.36. The number of hydrogen-bond donors (Lipinski definition) is 1. The molecule has 1 saturated carbocycles. The van der Waals surface area contributed by atoms with Gasteiger partial charge in [0.2, 0.25) is 0 Å². The predicted molar refractivity (Wildman–Crippen MR) is 72.5 cm³/mol. The van der Waals surface area contributed by atoms with E-state index in [0.717, 1.165) is 19.3 Å². The lowest BCUT2D eigenvalue weighted by atomic mass is 10.3. The van der Waals surface area contributed by atoms with E-state index < -0.39 is 4.92 Å². The maximum Gasteiger partial charge on any atom is 0.287 e. The van der Waals surface area contributed by atoms with Gasteiger partial charge in [-0.25, -0.2) is 0 Å². The molecule has 2 rings (SSSR count). The molecule has 1 fully saturated rings. The molecular formula is C13H19N3O4. The Morgan fingerprint density at radius 2 is 2.30 bits per heavy atom. The van der Waals surface area contributed by atoms with Crippen molar-refractivity contribution in [2.24, 2.45) is 0 Å². The largest absolute Gasteiger partial charge is 0.395 e. The Morgan fingerprint density at radius 1 is 1.60 bits per heavy atom. The molecule has 0 atom stereocenters. The van der Waals surface area contributed by atoms with Crippen molar-refractivity contribution >= 4 is 11.6 Å². The van der Waals surface area contributed by atoms with Crippen molar-refractivity contribution in [3.8, 4) is 0 Å². The van der Waals surface area contributed by atoms with Crippen LogP contribution in [0.25, 0.3) is 0 Å². The summed E-state index contributed by atoms with van der Waals surface area (Å²) in [5, 5.41) is 19.9. The molecule has 1 N–H and O–H groups in total. The van der Waals surface area contributed by atoms with Crippen LogP contribution in [0.1, 0.15) is 36.7 Å². The van der Waals surface area contributed by atoms with Crippen molar-refractivity contribution in [1.82, 2.24) is 9.47 Å². The summed E-state index contributed by atoms with van der Waals surface area (Å²) in [5.74, 6) is -0.233. The Labute approximate surface area is 116 Å². The Balaban J connectivity index is 2.28. The number of aromatic nitrogens is 1. The summed E-state index contributed by atoms with van der Waals surface area (Å²) in [6.45, 7) is 2.69. The summed E-state index contributed by atoms with van der Waals surface area (Å²) in [5.41, 5.74) is 0.264. The zero-order chi connectivity index (χ0) is 14.7. The summed E-state index contributed by atoms with van der Waals surface area (Å²) in [4.78, 5) is 24.5. The zero-order valence-electron chi connectivity index (χ0n) is 11.5. The molecule has 0 saturated heterocycles. The molecule has 110 valence electrons. The molecule has 0 bridgehead atoms. The molecule has 7 nitrogen and oxygen atoms in total. The highest BCUT2D eigenvalue weighted by Crippen LogP contribution is 2.29. The van der Waals surface area contributed by atoms with Gasteiger partial charge in [-0.05, 0) is 19.3 Å². The Hall–Kier alpha value is -1.89. The smallest absolute Gasteiger partial charge is 0.287 e. The van der Waals surface area contributed by atoms with Crippen molar-refractivity contribution in [2.45, 2.75) is 38.8 Å². The molecule has 0 radical (unpaired) electrons. The average Bonchev–Trinajstić information content (AvgIpc) is 3.16. The Bertz CT molecular complexity index is 508. The van der Waals surface area contributed by atoms with Gasteiger partial charge in [0.25, 0.3) is 11.6 Å². The highest BCUT2D eigenvalue weighted by atomic mass is 16.6. The van der Waals surface area contributed by atoms with Crippen LogP contribution >= 0.6 is 0 Å². The van der Waals surface area contributed by atoms with Gasteiger partial charge in [-0.2, -0.15) is 0 Å². The Kier molecular flexibility index (Phi) is 4.39. The fourth-order valence-electron chi connectivity index (χ4n) is 2.29. The molecule has 0 aliphatic heterocycles. The summed E-state index contributed by atoms with van der Waals surface area (Å²) < 4.78 is 1.63. The van der Waals surface area contributed by atoms with Gasteiger partial charge in [0.15, 0.2) is 0 Å². The molecule has 1 amide bonds. The normalized spacial score (nSPS) is 14.3. The fraction of sp³-hybridized carbons (Fsp3) is 0.615. The van der Waals surface area contributed by atoms with Gasteiger partial charge >= 0.3 is 0 Å². The van der Waals surface area contributed by atoms with E-state index in [-0.39, 0.29) is 30.8 Å². The van der Waals surface area contributed by atoms with E-state index in [1.807, 2.05) is 6.92 Å². The summed E-state index contributed by atoms with van der Waals surface area (Å²) in [7, 11) is 0. The number of rotatable bonds is 7. The van der Waals surface area contributed by atoms with Gasteiger partial charge in [-0.15, -0.1) is 0 Å². The second-order valence-electron chi connectivity index (χ2n) is 4.99. The van der Waals surface area contributed by atoms with Gasteiger partial charge in [0.1, 0.15) is 5.69 Å². The molecular weight excluding hydrogens is 262 g/mol. The van der Waals surface area contributed by atoms with Crippen LogP contribution in [0.2, 0.25) is 0 Å². The molecule has 7 heteroatoms. The maximum absolute atomic E-state index is 12.5. The van der Waals surface area contributed by atoms with Gasteiger partial charge in [-0.1, -0.05) is 6.92 Å². The van der Waals surface area contributed by atoms with Crippen molar-refractivity contribution in [3.05, 3.63) is 28.1 Å². The van der Waals surface area contributed by atoms with Crippen LogP contribution in [0, 0.1) is 10.1 Å². The van der Waals surface area contributed by atoms with E-state index in [1.54, 1.807) is 9.47 Å². The fourth-order valence-corrected chi connectivity index (χ4v) is 2.29. The van der Waals surface area contributed by atoms with Crippen LogP contribution in [-0.2, 0) is 6.54 Å². The van der Waals surface area contributed by atoms with Gasteiger partial charge in [-0.3, -0.25) is 14.9 Å². The number of carbonyl (C=O) groups is 1. The van der Waals surface area contributed by atoms with Crippen LogP contribution < -0.4 is 0 Å². The SMILES string of the molecule is CCCn1cc([N+](=O)[O-])cc1C(=O)N(CCO)C1CC1. The summed E-state index contributed by atoms with van der Waals surface area (Å²) in [6, 6.07) is 1.49. The Morgan fingerprint density at radius 3 is 2.80 bits per heavy atom. The van der Waals surface area contributed by atoms with E-state index in [9.17, 15) is 14.9 Å². The van der Waals surface area contributed by atoms with Crippen LogP contribution in [0.3, 0.4) is 0 Å². The third-order valence-corrected chi connectivity index (χ3v) is 3.37. The minimum atomic E-state index is -0.490. The van der Waals surface area contributed by atoms with Crippen LogP contribution in [-0.4, -0.2) is 44.6 Å². The number of aliphatic hydroxyl groups excluding tert-OH is 1. The molecule has 20 heavy (non-hydrogen) atoms. The predicted octanol–water partition coefficient (Wildman–Crippen LogP) is 1.40. The van der Waals surface area contributed by atoms with E-state index in [0.29, 0.717) is 12.2 Å². The highest BCUT2D eigenvalue weighted by molar-refractivity contribution is 5.94. The second kappa shape index (κ2) is 6.04. The second-order valence-corrected chi connectivity index (χ2v) is 4.99. The number of nitrogens with zero attached hydrogens (tertiary/aromatic N) is 3. The minimum Gasteiger partial charge on any atom is -0.395 e.